The Morgan fingerprint density at radius 1 is 1.18 bits per heavy atom. The number of alkyl carbamates (subject to hydrolysis) is 1. The zero-order chi connectivity index (χ0) is 24.7. The van der Waals surface area contributed by atoms with Gasteiger partial charge in [0.05, 0.1) is 23.6 Å². The topological polar surface area (TPSA) is 120 Å². The van der Waals surface area contributed by atoms with Crippen LogP contribution in [0.4, 0.5) is 10.5 Å². The molecular formula is C24H27N3O7. The summed E-state index contributed by atoms with van der Waals surface area (Å²) in [4.78, 5) is 37.3. The number of rotatable bonds is 11. The minimum Gasteiger partial charge on any atom is -0.493 e. The Morgan fingerprint density at radius 3 is 2.47 bits per heavy atom. The number of ether oxygens (including phenoxy) is 3. The standard InChI is InChI=1S/C24H27N3O7/c1-26(2)12-9-20(28)18-13-21(32-3)22(14-19(18)27(30)31)34-16-24(10-11-24)25-23(29)33-15-17-7-5-4-6-8-17/h4-9,12-14H,10-11,15-16H2,1-3H3,(H,25,29)/b12-9+. The molecule has 2 aromatic rings. The minimum atomic E-state index is -0.644. The summed E-state index contributed by atoms with van der Waals surface area (Å²) in [5, 5.41) is 14.4. The summed E-state index contributed by atoms with van der Waals surface area (Å²) in [5.74, 6) is -0.255. The lowest BCUT2D eigenvalue weighted by Crippen LogP contribution is -2.41. The van der Waals surface area contributed by atoms with Crippen LogP contribution < -0.4 is 14.8 Å². The van der Waals surface area contributed by atoms with Gasteiger partial charge in [-0.3, -0.25) is 14.9 Å². The van der Waals surface area contributed by atoms with E-state index in [0.717, 1.165) is 5.56 Å². The van der Waals surface area contributed by atoms with E-state index in [1.165, 1.54) is 31.5 Å². The van der Waals surface area contributed by atoms with Crippen LogP contribution in [-0.4, -0.2) is 55.1 Å². The Balaban J connectivity index is 1.68. The van der Waals surface area contributed by atoms with E-state index >= 15 is 0 Å². The van der Waals surface area contributed by atoms with Crippen LogP contribution >= 0.6 is 0 Å². The molecule has 10 heteroatoms. The van der Waals surface area contributed by atoms with E-state index in [0.29, 0.717) is 12.8 Å². The number of nitrogens with one attached hydrogen (secondary N) is 1. The van der Waals surface area contributed by atoms with Crippen molar-refractivity contribution in [2.45, 2.75) is 25.0 Å². The number of nitro groups is 1. The van der Waals surface area contributed by atoms with Crippen LogP contribution in [0.1, 0.15) is 28.8 Å². The summed E-state index contributed by atoms with van der Waals surface area (Å²) in [6.45, 7) is 0.205. The first-order valence-corrected chi connectivity index (χ1v) is 10.6. The maximum atomic E-state index is 12.5. The third kappa shape index (κ3) is 6.47. The molecule has 0 unspecified atom stereocenters. The highest BCUT2D eigenvalue weighted by molar-refractivity contribution is 6.07. The SMILES string of the molecule is COc1cc(C(=O)/C=C/N(C)C)c([N+](=O)[O-])cc1OCC1(NC(=O)OCc2ccccc2)CC1. The van der Waals surface area contributed by atoms with Crippen molar-refractivity contribution < 1.29 is 28.7 Å². The molecule has 1 N–H and O–H groups in total. The van der Waals surface area contributed by atoms with Gasteiger partial charge in [0, 0.05) is 32.4 Å². The number of amides is 1. The molecule has 0 aliphatic heterocycles. The third-order valence-electron chi connectivity index (χ3n) is 5.21. The van der Waals surface area contributed by atoms with E-state index in [1.807, 2.05) is 30.3 Å². The third-order valence-corrected chi connectivity index (χ3v) is 5.21. The van der Waals surface area contributed by atoms with Crippen LogP contribution in [0.2, 0.25) is 0 Å². The van der Waals surface area contributed by atoms with Crippen molar-refractivity contribution >= 4 is 17.6 Å². The predicted molar refractivity (Wildman–Crippen MR) is 124 cm³/mol. The molecule has 1 aliphatic rings. The molecule has 0 spiro atoms. The first-order valence-electron chi connectivity index (χ1n) is 10.6. The van der Waals surface area contributed by atoms with Crippen LogP contribution in [0, 0.1) is 10.1 Å². The Labute approximate surface area is 197 Å². The van der Waals surface area contributed by atoms with Crippen LogP contribution in [0.15, 0.2) is 54.7 Å². The zero-order valence-corrected chi connectivity index (χ0v) is 19.3. The number of nitro benzene ring substituents is 1. The van der Waals surface area contributed by atoms with Gasteiger partial charge in [-0.2, -0.15) is 0 Å². The van der Waals surface area contributed by atoms with Gasteiger partial charge in [-0.1, -0.05) is 30.3 Å². The van der Waals surface area contributed by atoms with E-state index in [-0.39, 0.29) is 30.3 Å². The first kappa shape index (κ1) is 24.6. The normalized spacial score (nSPS) is 13.7. The highest BCUT2D eigenvalue weighted by Gasteiger charge is 2.46. The molecule has 1 amide bonds. The Hall–Kier alpha value is -4.08. The fourth-order valence-electron chi connectivity index (χ4n) is 3.12. The average molecular weight is 469 g/mol. The molecular weight excluding hydrogens is 442 g/mol. The van der Waals surface area contributed by atoms with Crippen molar-refractivity contribution in [3.05, 3.63) is 76.0 Å². The van der Waals surface area contributed by atoms with E-state index < -0.39 is 28.0 Å². The fraction of sp³-hybridized carbons (Fsp3) is 0.333. The van der Waals surface area contributed by atoms with Crippen molar-refractivity contribution in [1.29, 1.82) is 0 Å². The molecule has 34 heavy (non-hydrogen) atoms. The highest BCUT2D eigenvalue weighted by atomic mass is 16.6. The molecule has 0 aromatic heterocycles. The molecule has 1 saturated carbocycles. The number of carbonyl (C=O) groups excluding carboxylic acids is 2. The largest absolute Gasteiger partial charge is 0.493 e. The predicted octanol–water partition coefficient (Wildman–Crippen LogP) is 3.70. The lowest BCUT2D eigenvalue weighted by Gasteiger charge is -2.19. The van der Waals surface area contributed by atoms with Crippen molar-refractivity contribution in [3.63, 3.8) is 0 Å². The Kier molecular flexibility index (Phi) is 7.72. The van der Waals surface area contributed by atoms with Gasteiger partial charge in [0.1, 0.15) is 18.8 Å². The lowest BCUT2D eigenvalue weighted by atomic mass is 10.1. The molecule has 180 valence electrons. The molecule has 0 heterocycles. The summed E-state index contributed by atoms with van der Waals surface area (Å²) >= 11 is 0. The van der Waals surface area contributed by atoms with Crippen molar-refractivity contribution in [3.8, 4) is 11.5 Å². The number of hydrogen-bond acceptors (Lipinski definition) is 8. The first-order chi connectivity index (χ1) is 16.2. The summed E-state index contributed by atoms with van der Waals surface area (Å²) in [5.41, 5.74) is -0.276. The van der Waals surface area contributed by atoms with Gasteiger partial charge in [0.2, 0.25) is 0 Å². The van der Waals surface area contributed by atoms with Crippen LogP contribution in [0.25, 0.3) is 0 Å². The molecule has 0 atom stereocenters. The van der Waals surface area contributed by atoms with E-state index in [1.54, 1.807) is 19.0 Å². The lowest BCUT2D eigenvalue weighted by molar-refractivity contribution is -0.385. The summed E-state index contributed by atoms with van der Waals surface area (Å²) in [6.07, 6.45) is 3.51. The molecule has 3 rings (SSSR count). The molecule has 1 aliphatic carbocycles. The molecule has 0 saturated heterocycles. The number of carbonyl (C=O) groups is 2. The fourth-order valence-corrected chi connectivity index (χ4v) is 3.12. The zero-order valence-electron chi connectivity index (χ0n) is 19.3. The average Bonchev–Trinajstić information content (AvgIpc) is 3.59. The second-order valence-electron chi connectivity index (χ2n) is 8.18. The number of benzene rings is 2. The Bertz CT molecular complexity index is 1080. The smallest absolute Gasteiger partial charge is 0.408 e. The van der Waals surface area contributed by atoms with Gasteiger partial charge in [-0.25, -0.2) is 4.79 Å². The van der Waals surface area contributed by atoms with Crippen LogP contribution in [0.3, 0.4) is 0 Å². The second kappa shape index (κ2) is 10.7. The molecule has 1 fully saturated rings. The van der Waals surface area contributed by atoms with Crippen molar-refractivity contribution in [2.75, 3.05) is 27.8 Å². The summed E-state index contributed by atoms with van der Waals surface area (Å²) in [7, 11) is 4.84. The van der Waals surface area contributed by atoms with Crippen molar-refractivity contribution in [1.82, 2.24) is 10.2 Å². The number of nitrogens with zero attached hydrogens (tertiary/aromatic N) is 2. The Morgan fingerprint density at radius 2 is 1.88 bits per heavy atom. The number of hydrogen-bond donors (Lipinski definition) is 1. The number of ketones is 1. The molecule has 0 radical (unpaired) electrons. The second-order valence-corrected chi connectivity index (χ2v) is 8.18. The van der Waals surface area contributed by atoms with Crippen molar-refractivity contribution in [2.24, 2.45) is 0 Å². The molecule has 0 bridgehead atoms. The van der Waals surface area contributed by atoms with Gasteiger partial charge in [0.15, 0.2) is 17.3 Å². The summed E-state index contributed by atoms with van der Waals surface area (Å²) in [6, 6.07) is 11.8. The van der Waals surface area contributed by atoms with Crippen LogP contribution in [0.5, 0.6) is 11.5 Å². The maximum absolute atomic E-state index is 12.5. The molecule has 10 nitrogen and oxygen atoms in total. The number of methoxy groups -OCH3 is 1. The maximum Gasteiger partial charge on any atom is 0.408 e. The van der Waals surface area contributed by atoms with E-state index in [9.17, 15) is 19.7 Å². The van der Waals surface area contributed by atoms with Gasteiger partial charge >= 0.3 is 6.09 Å². The van der Waals surface area contributed by atoms with Gasteiger partial charge in [-0.15, -0.1) is 0 Å². The van der Waals surface area contributed by atoms with E-state index in [2.05, 4.69) is 5.32 Å². The monoisotopic (exact) mass is 469 g/mol. The minimum absolute atomic E-state index is 0.0643. The molecule has 2 aromatic carbocycles. The van der Waals surface area contributed by atoms with Gasteiger partial charge in [0.25, 0.3) is 5.69 Å². The number of allylic oxidation sites excluding steroid dienone is 1. The van der Waals surface area contributed by atoms with E-state index in [4.69, 9.17) is 14.2 Å². The summed E-state index contributed by atoms with van der Waals surface area (Å²) < 4.78 is 16.4. The highest BCUT2D eigenvalue weighted by Crippen LogP contribution is 2.39. The quantitative estimate of drug-likeness (QED) is 0.229. The van der Waals surface area contributed by atoms with Gasteiger partial charge < -0.3 is 24.4 Å². The van der Waals surface area contributed by atoms with Gasteiger partial charge in [-0.05, 0) is 18.4 Å². The van der Waals surface area contributed by atoms with Crippen LogP contribution in [-0.2, 0) is 11.3 Å².